The van der Waals surface area contributed by atoms with Crippen LogP contribution in [-0.4, -0.2) is 38.9 Å². The number of hydrogen-bond acceptors (Lipinski definition) is 5. The predicted octanol–water partition coefficient (Wildman–Crippen LogP) is 3.89. The first-order valence-corrected chi connectivity index (χ1v) is 10.7. The van der Waals surface area contributed by atoms with E-state index >= 15 is 0 Å². The Kier molecular flexibility index (Phi) is 8.38. The van der Waals surface area contributed by atoms with Gasteiger partial charge in [-0.3, -0.25) is 0 Å². The monoisotopic (exact) mass is 548 g/mol. The van der Waals surface area contributed by atoms with E-state index in [1.54, 1.807) is 28.4 Å². The van der Waals surface area contributed by atoms with Crippen LogP contribution in [0.25, 0.3) is 15.9 Å². The molecule has 0 bridgehead atoms. The highest BCUT2D eigenvalue weighted by Crippen LogP contribution is 2.29. The van der Waals surface area contributed by atoms with E-state index in [0.29, 0.717) is 19.0 Å². The summed E-state index contributed by atoms with van der Waals surface area (Å²) in [5.74, 6) is 1.42. The predicted molar refractivity (Wildman–Crippen MR) is 136 cm³/mol. The molecule has 0 radical (unpaired) electrons. The van der Waals surface area contributed by atoms with Crippen LogP contribution in [0.1, 0.15) is 23.5 Å². The summed E-state index contributed by atoms with van der Waals surface area (Å²) in [7, 11) is 0. The smallest absolute Gasteiger partial charge is 0.191 e. The number of fused-ring (bicyclic) bond motifs is 1. The first-order valence-electron chi connectivity index (χ1n) is 9.86. The molecule has 3 heterocycles. The van der Waals surface area contributed by atoms with Crippen LogP contribution in [0.4, 0.5) is 0 Å². The summed E-state index contributed by atoms with van der Waals surface area (Å²) < 4.78 is 2.90. The van der Waals surface area contributed by atoms with E-state index in [9.17, 15) is 5.11 Å². The van der Waals surface area contributed by atoms with Gasteiger partial charge in [0, 0.05) is 41.3 Å². The van der Waals surface area contributed by atoms with Crippen molar-refractivity contribution in [3.63, 3.8) is 0 Å². The number of guanidine groups is 1. The number of aliphatic hydroxyl groups excluding tert-OH is 1. The van der Waals surface area contributed by atoms with Crippen molar-refractivity contribution in [1.82, 2.24) is 25.4 Å². The van der Waals surface area contributed by atoms with Crippen molar-refractivity contribution in [2.45, 2.75) is 19.6 Å². The molecule has 3 aromatic heterocycles. The average Bonchev–Trinajstić information content (AvgIpc) is 3.46. The molecule has 1 unspecified atom stereocenters. The van der Waals surface area contributed by atoms with Crippen molar-refractivity contribution in [1.29, 1.82) is 0 Å². The van der Waals surface area contributed by atoms with Gasteiger partial charge in [0.05, 0.1) is 6.54 Å². The summed E-state index contributed by atoms with van der Waals surface area (Å²) in [6, 6.07) is 16.0. The third kappa shape index (κ3) is 6.02. The molecule has 1 aromatic carbocycles. The lowest BCUT2D eigenvalue weighted by atomic mass is 10.2. The van der Waals surface area contributed by atoms with E-state index in [1.807, 2.05) is 49.5 Å². The zero-order valence-corrected chi connectivity index (χ0v) is 20.2. The number of aliphatic imine (C=N–C) groups is 1. The van der Waals surface area contributed by atoms with E-state index in [1.165, 1.54) is 4.70 Å². The van der Waals surface area contributed by atoms with Gasteiger partial charge in [-0.15, -0.1) is 35.3 Å². The van der Waals surface area contributed by atoms with Gasteiger partial charge in [0.2, 0.25) is 0 Å². The molecule has 0 saturated carbocycles. The Bertz CT molecular complexity index is 1090. The van der Waals surface area contributed by atoms with Crippen LogP contribution in [0.2, 0.25) is 0 Å². The van der Waals surface area contributed by atoms with Crippen LogP contribution in [0.5, 0.6) is 0 Å². The number of pyridine rings is 1. The Morgan fingerprint density at radius 3 is 2.81 bits per heavy atom. The van der Waals surface area contributed by atoms with Crippen LogP contribution >= 0.6 is 35.3 Å². The molecule has 0 aliphatic carbocycles. The second kappa shape index (κ2) is 11.2. The minimum atomic E-state index is -0.599. The number of aromatic nitrogens is 3. The van der Waals surface area contributed by atoms with Gasteiger partial charge < -0.3 is 15.7 Å². The summed E-state index contributed by atoms with van der Waals surface area (Å²) in [4.78, 5) is 9.93. The number of thiophene rings is 1. The summed E-state index contributed by atoms with van der Waals surface area (Å²) in [5.41, 5.74) is 1.03. The van der Waals surface area contributed by atoms with Crippen molar-refractivity contribution in [2.24, 2.45) is 4.99 Å². The molecule has 3 N–H and O–H groups in total. The highest BCUT2D eigenvalue weighted by molar-refractivity contribution is 14.0. The van der Waals surface area contributed by atoms with Gasteiger partial charge in [-0.2, -0.15) is 5.10 Å². The quantitative estimate of drug-likeness (QED) is 0.185. The van der Waals surface area contributed by atoms with Crippen LogP contribution in [0.3, 0.4) is 0 Å². The SMILES string of the molecule is CCNC(=NCc1ccnc(-n2cccn2)c1)NCC(O)c1cc2ccccc2s1.I. The van der Waals surface area contributed by atoms with Crippen LogP contribution in [0, 0.1) is 0 Å². The second-order valence-corrected chi connectivity index (χ2v) is 7.87. The number of rotatable bonds is 7. The molecule has 0 aliphatic rings. The van der Waals surface area contributed by atoms with Crippen molar-refractivity contribution in [3.05, 3.63) is 77.6 Å². The molecule has 4 rings (SSSR count). The topological polar surface area (TPSA) is 87.4 Å². The normalized spacial score (nSPS) is 12.4. The first kappa shape index (κ1) is 23.2. The Morgan fingerprint density at radius 1 is 1.16 bits per heavy atom. The fraction of sp³-hybridized carbons (Fsp3) is 0.227. The minimum Gasteiger partial charge on any atom is -0.386 e. The van der Waals surface area contributed by atoms with E-state index < -0.39 is 6.10 Å². The highest BCUT2D eigenvalue weighted by Gasteiger charge is 2.12. The lowest BCUT2D eigenvalue weighted by molar-refractivity contribution is 0.184. The fourth-order valence-corrected chi connectivity index (χ4v) is 4.11. The average molecular weight is 548 g/mol. The van der Waals surface area contributed by atoms with E-state index in [-0.39, 0.29) is 24.0 Å². The van der Waals surface area contributed by atoms with Crippen LogP contribution in [0.15, 0.2) is 72.1 Å². The minimum absolute atomic E-state index is 0. The van der Waals surface area contributed by atoms with E-state index in [4.69, 9.17) is 0 Å². The molecule has 0 saturated heterocycles. The summed E-state index contributed by atoms with van der Waals surface area (Å²) in [5, 5.41) is 22.4. The van der Waals surface area contributed by atoms with Gasteiger partial charge in [-0.1, -0.05) is 18.2 Å². The number of nitrogens with zero attached hydrogens (tertiary/aromatic N) is 4. The van der Waals surface area contributed by atoms with Gasteiger partial charge >= 0.3 is 0 Å². The van der Waals surface area contributed by atoms with Gasteiger partial charge in [0.25, 0.3) is 0 Å². The number of hydrogen-bond donors (Lipinski definition) is 3. The van der Waals surface area contributed by atoms with Crippen molar-refractivity contribution < 1.29 is 5.11 Å². The molecule has 0 spiro atoms. The number of nitrogens with one attached hydrogen (secondary N) is 2. The molecule has 9 heteroatoms. The summed E-state index contributed by atoms with van der Waals surface area (Å²) in [6.07, 6.45) is 4.74. The largest absolute Gasteiger partial charge is 0.386 e. The third-order valence-corrected chi connectivity index (χ3v) is 5.77. The molecule has 1 atom stereocenters. The Labute approximate surface area is 202 Å². The number of benzene rings is 1. The Morgan fingerprint density at radius 2 is 2.03 bits per heavy atom. The summed E-state index contributed by atoms with van der Waals surface area (Å²) in [6.45, 7) is 3.63. The first-order chi connectivity index (χ1) is 14.7. The maximum Gasteiger partial charge on any atom is 0.191 e. The van der Waals surface area contributed by atoms with Crippen molar-refractivity contribution in [3.8, 4) is 5.82 Å². The molecule has 162 valence electrons. The third-order valence-electron chi connectivity index (χ3n) is 4.55. The van der Waals surface area contributed by atoms with Gasteiger partial charge in [-0.05, 0) is 48.2 Å². The summed E-state index contributed by atoms with van der Waals surface area (Å²) >= 11 is 1.62. The Balaban J connectivity index is 0.00000272. The number of aliphatic hydroxyl groups is 1. The zero-order chi connectivity index (χ0) is 20.8. The lowest BCUT2D eigenvalue weighted by Gasteiger charge is -2.14. The van der Waals surface area contributed by atoms with Crippen LogP contribution < -0.4 is 10.6 Å². The molecule has 0 fully saturated rings. The molecule has 7 nitrogen and oxygen atoms in total. The number of halogens is 1. The molecular formula is C22H25IN6OS. The Hall–Kier alpha value is -2.50. The highest BCUT2D eigenvalue weighted by atomic mass is 127. The molecule has 4 aromatic rings. The van der Waals surface area contributed by atoms with Crippen molar-refractivity contribution in [2.75, 3.05) is 13.1 Å². The molecule has 31 heavy (non-hydrogen) atoms. The zero-order valence-electron chi connectivity index (χ0n) is 17.1. The van der Waals surface area contributed by atoms with E-state index in [0.717, 1.165) is 28.2 Å². The molecule has 0 aliphatic heterocycles. The standard InChI is InChI=1S/C22H24N6OS.HI/c1-2-23-22(25-14-16-8-10-24-21(12-16)28-11-5-9-27-28)26-15-18(29)20-13-17-6-3-4-7-19(17)30-20;/h3-13,18,29H,2,14-15H2,1H3,(H2,23,25,26);1H. The molecule has 0 amide bonds. The van der Waals surface area contributed by atoms with Crippen molar-refractivity contribution >= 4 is 51.4 Å². The van der Waals surface area contributed by atoms with Gasteiger partial charge in [-0.25, -0.2) is 14.7 Å². The maximum absolute atomic E-state index is 10.6. The van der Waals surface area contributed by atoms with E-state index in [2.05, 4.69) is 37.8 Å². The lowest BCUT2D eigenvalue weighted by Crippen LogP contribution is -2.39. The van der Waals surface area contributed by atoms with Gasteiger partial charge in [0.1, 0.15) is 6.10 Å². The van der Waals surface area contributed by atoms with Gasteiger partial charge in [0.15, 0.2) is 11.8 Å². The molecular weight excluding hydrogens is 523 g/mol. The van der Waals surface area contributed by atoms with Crippen LogP contribution in [-0.2, 0) is 6.54 Å². The second-order valence-electron chi connectivity index (χ2n) is 6.75. The fourth-order valence-electron chi connectivity index (χ4n) is 3.06. The maximum atomic E-state index is 10.6.